The molecule has 0 bridgehead atoms. The molecule has 0 aromatic carbocycles. The van der Waals surface area contributed by atoms with Crippen LogP contribution >= 0.6 is 0 Å². The molecule has 13 heavy (non-hydrogen) atoms. The third kappa shape index (κ3) is 3.78. The van der Waals surface area contributed by atoms with Gasteiger partial charge in [0.1, 0.15) is 0 Å². The molecule has 0 spiro atoms. The predicted octanol–water partition coefficient (Wildman–Crippen LogP) is 0.571. The topological polar surface area (TPSA) is 46.6 Å². The fourth-order valence-electron chi connectivity index (χ4n) is 1.43. The summed E-state index contributed by atoms with van der Waals surface area (Å²) in [4.78, 5) is 2.05. The molecule has 0 aromatic heterocycles. The van der Waals surface area contributed by atoms with Crippen LogP contribution in [0.2, 0.25) is 0 Å². The second-order valence-corrected chi connectivity index (χ2v) is 4.79. The highest BCUT2D eigenvalue weighted by atomic mass is 32.2. The lowest BCUT2D eigenvalue weighted by atomic mass is 10.3. The van der Waals surface area contributed by atoms with Crippen molar-refractivity contribution < 1.29 is 12.6 Å². The van der Waals surface area contributed by atoms with E-state index in [9.17, 15) is 8.42 Å². The fraction of sp³-hybridized carbons (Fsp3) is 0.750. The standard InChI is InChI=1S/C8H15NO3S/c1-3-5-9-6-4-8(7-9)12-13(2,10)11/h3,5,8H,4,6-7H2,1-2H3/t8-/m0/s1. The second-order valence-electron chi connectivity index (χ2n) is 3.19. The van der Waals surface area contributed by atoms with Crippen LogP contribution in [-0.4, -0.2) is 38.8 Å². The molecule has 0 aliphatic carbocycles. The van der Waals surface area contributed by atoms with Crippen LogP contribution < -0.4 is 0 Å². The number of hydrogen-bond donors (Lipinski definition) is 0. The highest BCUT2D eigenvalue weighted by molar-refractivity contribution is 7.86. The molecule has 0 amide bonds. The Balaban J connectivity index is 2.42. The van der Waals surface area contributed by atoms with E-state index in [1.807, 2.05) is 19.2 Å². The normalized spacial score (nSPS) is 24.5. The predicted molar refractivity (Wildman–Crippen MR) is 50.7 cm³/mol. The van der Waals surface area contributed by atoms with E-state index in [0.29, 0.717) is 6.54 Å². The molecule has 1 aliphatic rings. The summed E-state index contributed by atoms with van der Waals surface area (Å²) in [6.07, 6.45) is 5.57. The third-order valence-corrected chi connectivity index (χ3v) is 2.47. The number of likely N-dealkylation sites (tertiary alicyclic amines) is 1. The molecule has 0 aromatic rings. The second kappa shape index (κ2) is 4.11. The SMILES string of the molecule is CC=CN1CC[C@H](OS(C)(=O)=O)C1. The molecule has 1 atom stereocenters. The highest BCUT2D eigenvalue weighted by Crippen LogP contribution is 2.14. The van der Waals surface area contributed by atoms with Gasteiger partial charge in [0.2, 0.25) is 0 Å². The quantitative estimate of drug-likeness (QED) is 0.632. The van der Waals surface area contributed by atoms with Crippen LogP contribution in [0.15, 0.2) is 12.3 Å². The Kier molecular flexibility index (Phi) is 3.33. The van der Waals surface area contributed by atoms with Gasteiger partial charge in [-0.15, -0.1) is 0 Å². The molecule has 0 N–H and O–H groups in total. The molecular weight excluding hydrogens is 190 g/mol. The van der Waals surface area contributed by atoms with Gasteiger partial charge in [0, 0.05) is 13.1 Å². The Bertz CT molecular complexity index is 284. The third-order valence-electron chi connectivity index (χ3n) is 1.85. The molecule has 1 saturated heterocycles. The Morgan fingerprint density at radius 3 is 2.77 bits per heavy atom. The van der Waals surface area contributed by atoms with Crippen molar-refractivity contribution in [2.75, 3.05) is 19.3 Å². The van der Waals surface area contributed by atoms with Crippen LogP contribution in [0.5, 0.6) is 0 Å². The van der Waals surface area contributed by atoms with Gasteiger partial charge in [0.15, 0.2) is 0 Å². The van der Waals surface area contributed by atoms with Crippen molar-refractivity contribution in [2.45, 2.75) is 19.4 Å². The van der Waals surface area contributed by atoms with E-state index >= 15 is 0 Å². The van der Waals surface area contributed by atoms with Crippen molar-refractivity contribution in [2.24, 2.45) is 0 Å². The Morgan fingerprint density at radius 1 is 1.54 bits per heavy atom. The first-order chi connectivity index (χ1) is 6.01. The van der Waals surface area contributed by atoms with Gasteiger partial charge in [-0.05, 0) is 19.5 Å². The number of hydrogen-bond acceptors (Lipinski definition) is 4. The molecule has 76 valence electrons. The summed E-state index contributed by atoms with van der Waals surface area (Å²) in [5.74, 6) is 0. The minimum absolute atomic E-state index is 0.175. The minimum Gasteiger partial charge on any atom is -0.375 e. The fourth-order valence-corrected chi connectivity index (χ4v) is 2.08. The average Bonchev–Trinajstić information content (AvgIpc) is 2.33. The Morgan fingerprint density at radius 2 is 2.23 bits per heavy atom. The van der Waals surface area contributed by atoms with Crippen LogP contribution in [0.4, 0.5) is 0 Å². The molecule has 4 nitrogen and oxygen atoms in total. The molecule has 0 saturated carbocycles. The van der Waals surface area contributed by atoms with Gasteiger partial charge < -0.3 is 4.90 Å². The highest BCUT2D eigenvalue weighted by Gasteiger charge is 2.23. The monoisotopic (exact) mass is 205 g/mol. The van der Waals surface area contributed by atoms with Gasteiger partial charge in [-0.3, -0.25) is 4.18 Å². The molecule has 0 radical (unpaired) electrons. The smallest absolute Gasteiger partial charge is 0.264 e. The summed E-state index contributed by atoms with van der Waals surface area (Å²) < 4.78 is 26.5. The van der Waals surface area contributed by atoms with Crippen LogP contribution in [0.25, 0.3) is 0 Å². The molecule has 1 fully saturated rings. The zero-order valence-corrected chi connectivity index (χ0v) is 8.75. The van der Waals surface area contributed by atoms with Crippen LogP contribution in [0.3, 0.4) is 0 Å². The van der Waals surface area contributed by atoms with Gasteiger partial charge in [-0.1, -0.05) is 6.08 Å². The minimum atomic E-state index is -3.30. The van der Waals surface area contributed by atoms with Crippen molar-refractivity contribution in [3.05, 3.63) is 12.3 Å². The van der Waals surface area contributed by atoms with Gasteiger partial charge in [0.05, 0.1) is 12.4 Å². The summed E-state index contributed by atoms with van der Waals surface area (Å²) in [7, 11) is -3.30. The number of nitrogens with zero attached hydrogens (tertiary/aromatic N) is 1. The van der Waals surface area contributed by atoms with E-state index in [1.165, 1.54) is 0 Å². The summed E-state index contributed by atoms with van der Waals surface area (Å²) in [5, 5.41) is 0. The largest absolute Gasteiger partial charge is 0.375 e. The molecule has 0 unspecified atom stereocenters. The first-order valence-electron chi connectivity index (χ1n) is 4.26. The van der Waals surface area contributed by atoms with Gasteiger partial charge >= 0.3 is 0 Å². The van der Waals surface area contributed by atoms with E-state index in [4.69, 9.17) is 4.18 Å². The summed E-state index contributed by atoms with van der Waals surface area (Å²) in [5.41, 5.74) is 0. The maximum atomic E-state index is 10.8. The van der Waals surface area contributed by atoms with Crippen molar-refractivity contribution >= 4 is 10.1 Å². The van der Waals surface area contributed by atoms with E-state index in [-0.39, 0.29) is 6.10 Å². The van der Waals surface area contributed by atoms with Crippen molar-refractivity contribution in [3.8, 4) is 0 Å². The van der Waals surface area contributed by atoms with Gasteiger partial charge in [-0.25, -0.2) is 0 Å². The summed E-state index contributed by atoms with van der Waals surface area (Å²) >= 11 is 0. The zero-order valence-electron chi connectivity index (χ0n) is 7.93. The zero-order chi connectivity index (χ0) is 9.90. The maximum Gasteiger partial charge on any atom is 0.264 e. The van der Waals surface area contributed by atoms with Crippen molar-refractivity contribution in [3.63, 3.8) is 0 Å². The van der Waals surface area contributed by atoms with Gasteiger partial charge in [-0.2, -0.15) is 8.42 Å². The first-order valence-corrected chi connectivity index (χ1v) is 6.08. The lowest BCUT2D eigenvalue weighted by Gasteiger charge is -2.12. The van der Waals surface area contributed by atoms with E-state index in [1.54, 1.807) is 0 Å². The van der Waals surface area contributed by atoms with Crippen LogP contribution in [0.1, 0.15) is 13.3 Å². The van der Waals surface area contributed by atoms with Crippen molar-refractivity contribution in [1.29, 1.82) is 0 Å². The van der Waals surface area contributed by atoms with E-state index in [0.717, 1.165) is 19.2 Å². The Labute approximate surface area is 79.3 Å². The van der Waals surface area contributed by atoms with Crippen molar-refractivity contribution in [1.82, 2.24) is 4.90 Å². The number of allylic oxidation sites excluding steroid dienone is 1. The van der Waals surface area contributed by atoms with E-state index in [2.05, 4.69) is 4.90 Å². The van der Waals surface area contributed by atoms with E-state index < -0.39 is 10.1 Å². The van der Waals surface area contributed by atoms with Crippen LogP contribution in [-0.2, 0) is 14.3 Å². The summed E-state index contributed by atoms with van der Waals surface area (Å²) in [6, 6.07) is 0. The number of rotatable bonds is 3. The van der Waals surface area contributed by atoms with Crippen LogP contribution in [0, 0.1) is 0 Å². The first kappa shape index (κ1) is 10.5. The maximum absolute atomic E-state index is 10.8. The Hall–Kier alpha value is -0.550. The van der Waals surface area contributed by atoms with Gasteiger partial charge in [0.25, 0.3) is 10.1 Å². The summed E-state index contributed by atoms with van der Waals surface area (Å²) in [6.45, 7) is 3.46. The molecular formula is C8H15NO3S. The average molecular weight is 205 g/mol. The lowest BCUT2D eigenvalue weighted by Crippen LogP contribution is -2.21. The molecule has 5 heteroatoms. The molecule has 1 rings (SSSR count). The lowest BCUT2D eigenvalue weighted by molar-refractivity contribution is 0.221. The molecule has 1 heterocycles. The molecule has 1 aliphatic heterocycles.